The largest absolute Gasteiger partial charge is 0.258 e. The summed E-state index contributed by atoms with van der Waals surface area (Å²) in [5.41, 5.74) is 4.04. The number of nitrogens with zero attached hydrogens (tertiary/aromatic N) is 1. The van der Waals surface area contributed by atoms with Crippen LogP contribution in [0.15, 0.2) is 12.1 Å². The third-order valence-corrected chi connectivity index (χ3v) is 3.03. The molecule has 1 nitrogen and oxygen atoms in total. The number of hydrogen-bond donors (Lipinski definition) is 0. The summed E-state index contributed by atoms with van der Waals surface area (Å²) in [5.74, 6) is 0.726. The fourth-order valence-electron chi connectivity index (χ4n) is 2.24. The highest BCUT2D eigenvalue weighted by Gasteiger charge is 2.19. The van der Waals surface area contributed by atoms with Gasteiger partial charge in [-0.05, 0) is 44.2 Å². The maximum atomic E-state index is 4.67. The monoisotopic (exact) mass is 175 g/mol. The minimum absolute atomic E-state index is 0.726. The van der Waals surface area contributed by atoms with E-state index in [4.69, 9.17) is 0 Å². The summed E-state index contributed by atoms with van der Waals surface area (Å²) in [6, 6.07) is 4.40. The van der Waals surface area contributed by atoms with E-state index in [1.54, 1.807) is 0 Å². The molecule has 0 saturated heterocycles. The van der Waals surface area contributed by atoms with Gasteiger partial charge in [0.25, 0.3) is 0 Å². The molecule has 2 rings (SSSR count). The lowest BCUT2D eigenvalue weighted by Crippen LogP contribution is -2.11. The normalized spacial score (nSPS) is 21.2. The van der Waals surface area contributed by atoms with Crippen LogP contribution in [0.5, 0.6) is 0 Å². The van der Waals surface area contributed by atoms with Gasteiger partial charge in [0, 0.05) is 17.3 Å². The molecule has 1 heteroatoms. The van der Waals surface area contributed by atoms with E-state index >= 15 is 0 Å². The summed E-state index contributed by atoms with van der Waals surface area (Å²) in [4.78, 5) is 4.67. The maximum Gasteiger partial charge on any atom is 0.0469 e. The van der Waals surface area contributed by atoms with Crippen molar-refractivity contribution in [1.29, 1.82) is 0 Å². The average molecular weight is 175 g/mol. The zero-order valence-corrected chi connectivity index (χ0v) is 8.51. The minimum atomic E-state index is 0.726. The van der Waals surface area contributed by atoms with Gasteiger partial charge in [0.05, 0.1) is 0 Å². The molecule has 0 aliphatic heterocycles. The summed E-state index contributed by atoms with van der Waals surface area (Å²) < 4.78 is 0. The van der Waals surface area contributed by atoms with Crippen molar-refractivity contribution in [2.45, 2.75) is 45.4 Å². The standard InChI is InChI=1S/C12H17N/c1-3-10-5-4-6-11-8-7-9(2)13-12(10)11/h7-8,10H,3-6H2,1-2H3. The molecule has 0 fully saturated rings. The van der Waals surface area contributed by atoms with Gasteiger partial charge in [0.1, 0.15) is 0 Å². The van der Waals surface area contributed by atoms with Crippen LogP contribution in [0, 0.1) is 6.92 Å². The predicted octanol–water partition coefficient (Wildman–Crippen LogP) is 3.22. The Morgan fingerprint density at radius 3 is 3.08 bits per heavy atom. The minimum Gasteiger partial charge on any atom is -0.258 e. The average Bonchev–Trinajstić information content (AvgIpc) is 2.17. The van der Waals surface area contributed by atoms with Crippen LogP contribution < -0.4 is 0 Å². The van der Waals surface area contributed by atoms with Gasteiger partial charge < -0.3 is 0 Å². The van der Waals surface area contributed by atoms with E-state index in [0.29, 0.717) is 0 Å². The molecule has 1 aliphatic rings. The summed E-state index contributed by atoms with van der Waals surface area (Å²) >= 11 is 0. The predicted molar refractivity (Wildman–Crippen MR) is 54.9 cm³/mol. The quantitative estimate of drug-likeness (QED) is 0.638. The highest BCUT2D eigenvalue weighted by Crippen LogP contribution is 2.32. The second-order valence-corrected chi connectivity index (χ2v) is 3.99. The molecule has 1 heterocycles. The smallest absolute Gasteiger partial charge is 0.0469 e. The molecule has 70 valence electrons. The van der Waals surface area contributed by atoms with E-state index in [1.165, 1.54) is 42.6 Å². The summed E-state index contributed by atoms with van der Waals surface area (Å²) in [6.07, 6.45) is 5.15. The number of pyridine rings is 1. The van der Waals surface area contributed by atoms with E-state index in [0.717, 1.165) is 5.92 Å². The van der Waals surface area contributed by atoms with E-state index in [-0.39, 0.29) is 0 Å². The first-order chi connectivity index (χ1) is 6.31. The Labute approximate surface area is 80.2 Å². The Kier molecular flexibility index (Phi) is 2.34. The molecule has 0 spiro atoms. The van der Waals surface area contributed by atoms with Crippen LogP contribution in [0.2, 0.25) is 0 Å². The lowest BCUT2D eigenvalue weighted by Gasteiger charge is -2.23. The van der Waals surface area contributed by atoms with Crippen LogP contribution >= 0.6 is 0 Å². The fourth-order valence-corrected chi connectivity index (χ4v) is 2.24. The summed E-state index contributed by atoms with van der Waals surface area (Å²) in [5, 5.41) is 0. The van der Waals surface area contributed by atoms with Crippen molar-refractivity contribution in [1.82, 2.24) is 4.98 Å². The lowest BCUT2D eigenvalue weighted by atomic mass is 9.85. The van der Waals surface area contributed by atoms with Crippen molar-refractivity contribution in [3.63, 3.8) is 0 Å². The van der Waals surface area contributed by atoms with E-state index in [1.807, 2.05) is 0 Å². The first-order valence-corrected chi connectivity index (χ1v) is 5.27. The van der Waals surface area contributed by atoms with Gasteiger partial charge >= 0.3 is 0 Å². The number of fused-ring (bicyclic) bond motifs is 1. The molecular weight excluding hydrogens is 158 g/mol. The van der Waals surface area contributed by atoms with Crippen molar-refractivity contribution >= 4 is 0 Å². The van der Waals surface area contributed by atoms with Crippen molar-refractivity contribution in [2.75, 3.05) is 0 Å². The Balaban J connectivity index is 2.41. The highest BCUT2D eigenvalue weighted by atomic mass is 14.7. The van der Waals surface area contributed by atoms with Crippen molar-refractivity contribution in [3.8, 4) is 0 Å². The second kappa shape index (κ2) is 3.49. The molecule has 0 aromatic carbocycles. The number of rotatable bonds is 1. The molecule has 1 aromatic rings. The van der Waals surface area contributed by atoms with Gasteiger partial charge in [-0.1, -0.05) is 13.0 Å². The number of hydrogen-bond acceptors (Lipinski definition) is 1. The second-order valence-electron chi connectivity index (χ2n) is 3.99. The van der Waals surface area contributed by atoms with Crippen molar-refractivity contribution in [2.24, 2.45) is 0 Å². The van der Waals surface area contributed by atoms with Gasteiger partial charge in [0.2, 0.25) is 0 Å². The van der Waals surface area contributed by atoms with Crippen molar-refractivity contribution in [3.05, 3.63) is 29.1 Å². The van der Waals surface area contributed by atoms with Gasteiger partial charge in [-0.3, -0.25) is 4.98 Å². The number of aromatic nitrogens is 1. The third kappa shape index (κ3) is 1.60. The topological polar surface area (TPSA) is 12.9 Å². The van der Waals surface area contributed by atoms with Crippen LogP contribution in [-0.4, -0.2) is 4.98 Å². The van der Waals surface area contributed by atoms with Gasteiger partial charge in [-0.25, -0.2) is 0 Å². The molecule has 1 unspecified atom stereocenters. The molecule has 13 heavy (non-hydrogen) atoms. The van der Waals surface area contributed by atoms with Crippen molar-refractivity contribution < 1.29 is 0 Å². The van der Waals surface area contributed by atoms with Crippen LogP contribution in [0.1, 0.15) is 49.1 Å². The molecule has 0 bridgehead atoms. The van der Waals surface area contributed by atoms with Crippen LogP contribution in [0.25, 0.3) is 0 Å². The summed E-state index contributed by atoms with van der Waals surface area (Å²) in [7, 11) is 0. The molecule has 1 aromatic heterocycles. The molecular formula is C12H17N. The molecule has 0 radical (unpaired) electrons. The van der Waals surface area contributed by atoms with Gasteiger partial charge in [-0.15, -0.1) is 0 Å². The Morgan fingerprint density at radius 1 is 1.46 bits per heavy atom. The van der Waals surface area contributed by atoms with E-state index in [9.17, 15) is 0 Å². The lowest BCUT2D eigenvalue weighted by molar-refractivity contribution is 0.524. The first-order valence-electron chi connectivity index (χ1n) is 5.27. The Morgan fingerprint density at radius 2 is 2.31 bits per heavy atom. The molecule has 1 aliphatic carbocycles. The van der Waals surface area contributed by atoms with Crippen LogP contribution in [0.4, 0.5) is 0 Å². The zero-order chi connectivity index (χ0) is 9.26. The Bertz CT molecular complexity index is 304. The number of aryl methyl sites for hydroxylation is 2. The third-order valence-electron chi connectivity index (χ3n) is 3.03. The van der Waals surface area contributed by atoms with Gasteiger partial charge in [0.15, 0.2) is 0 Å². The maximum absolute atomic E-state index is 4.67. The zero-order valence-electron chi connectivity index (χ0n) is 8.51. The fraction of sp³-hybridized carbons (Fsp3) is 0.583. The molecule has 0 amide bonds. The molecule has 0 saturated carbocycles. The molecule has 0 N–H and O–H groups in total. The van der Waals surface area contributed by atoms with Crippen LogP contribution in [-0.2, 0) is 6.42 Å². The Hall–Kier alpha value is -0.850. The van der Waals surface area contributed by atoms with Crippen LogP contribution in [0.3, 0.4) is 0 Å². The summed E-state index contributed by atoms with van der Waals surface area (Å²) in [6.45, 7) is 4.35. The first kappa shape index (κ1) is 8.74. The molecule has 1 atom stereocenters. The SMILES string of the molecule is CCC1CCCc2ccc(C)nc21. The van der Waals surface area contributed by atoms with E-state index in [2.05, 4.69) is 31.0 Å². The van der Waals surface area contributed by atoms with Gasteiger partial charge in [-0.2, -0.15) is 0 Å². The highest BCUT2D eigenvalue weighted by molar-refractivity contribution is 5.28. The van der Waals surface area contributed by atoms with E-state index < -0.39 is 0 Å².